The van der Waals surface area contributed by atoms with E-state index in [-0.39, 0.29) is 0 Å². The Balaban J connectivity index is 1.93. The van der Waals surface area contributed by atoms with Gasteiger partial charge >= 0.3 is 0 Å². The number of likely N-dealkylation sites (N-methyl/N-ethyl adjacent to an activating group) is 1. The molecule has 2 rings (SSSR count). The standard InChI is InChI=1S/C14H20ClN3S/c1-4-10(2)18(3)9-8-16-14-17-12-7-5-6-11(15)13(12)19-14/h5-7,10H,4,8-9H2,1-3H3,(H,16,17). The van der Waals surface area contributed by atoms with Gasteiger partial charge in [-0.1, -0.05) is 35.9 Å². The summed E-state index contributed by atoms with van der Waals surface area (Å²) in [7, 11) is 2.16. The van der Waals surface area contributed by atoms with Gasteiger partial charge in [0.2, 0.25) is 0 Å². The van der Waals surface area contributed by atoms with Crippen molar-refractivity contribution in [3.05, 3.63) is 23.2 Å². The number of halogens is 1. The topological polar surface area (TPSA) is 28.2 Å². The monoisotopic (exact) mass is 297 g/mol. The fourth-order valence-electron chi connectivity index (χ4n) is 1.86. The maximum Gasteiger partial charge on any atom is 0.183 e. The molecule has 1 aromatic heterocycles. The number of aromatic nitrogens is 1. The zero-order valence-corrected chi connectivity index (χ0v) is 13.2. The summed E-state index contributed by atoms with van der Waals surface area (Å²) in [5.74, 6) is 0. The quantitative estimate of drug-likeness (QED) is 0.870. The predicted octanol–water partition coefficient (Wildman–Crippen LogP) is 4.09. The maximum absolute atomic E-state index is 6.15. The molecule has 0 aliphatic heterocycles. The van der Waals surface area contributed by atoms with Crippen molar-refractivity contribution in [2.45, 2.75) is 26.3 Å². The van der Waals surface area contributed by atoms with E-state index >= 15 is 0 Å². The lowest BCUT2D eigenvalue weighted by Crippen LogP contribution is -2.32. The van der Waals surface area contributed by atoms with Crippen LogP contribution in [0.3, 0.4) is 0 Å². The Hall–Kier alpha value is -0.840. The van der Waals surface area contributed by atoms with Gasteiger partial charge in [-0.3, -0.25) is 0 Å². The van der Waals surface area contributed by atoms with Crippen LogP contribution in [0.25, 0.3) is 10.2 Å². The maximum atomic E-state index is 6.15. The molecule has 0 amide bonds. The van der Waals surface area contributed by atoms with Crippen molar-refractivity contribution in [1.82, 2.24) is 9.88 Å². The molecule has 0 aliphatic carbocycles. The van der Waals surface area contributed by atoms with Crippen molar-refractivity contribution in [2.75, 3.05) is 25.5 Å². The van der Waals surface area contributed by atoms with Gasteiger partial charge in [-0.05, 0) is 32.5 Å². The van der Waals surface area contributed by atoms with E-state index in [1.807, 2.05) is 18.2 Å². The highest BCUT2D eigenvalue weighted by atomic mass is 35.5. The third-order valence-corrected chi connectivity index (χ3v) is 4.94. The first-order valence-electron chi connectivity index (χ1n) is 6.61. The fourth-order valence-corrected chi connectivity index (χ4v) is 3.04. The van der Waals surface area contributed by atoms with Gasteiger partial charge in [-0.2, -0.15) is 0 Å². The van der Waals surface area contributed by atoms with Crippen LogP contribution in [0.4, 0.5) is 5.13 Å². The Labute approximate surface area is 123 Å². The molecule has 3 nitrogen and oxygen atoms in total. The number of nitrogens with zero attached hydrogens (tertiary/aromatic N) is 2. The third kappa shape index (κ3) is 3.59. The summed E-state index contributed by atoms with van der Waals surface area (Å²) in [4.78, 5) is 6.89. The molecule has 1 heterocycles. The highest BCUT2D eigenvalue weighted by molar-refractivity contribution is 7.22. The molecule has 19 heavy (non-hydrogen) atoms. The molecule has 0 fully saturated rings. The molecule has 1 unspecified atom stereocenters. The molecular weight excluding hydrogens is 278 g/mol. The van der Waals surface area contributed by atoms with E-state index in [2.05, 4.69) is 36.1 Å². The molecular formula is C14H20ClN3S. The summed E-state index contributed by atoms with van der Waals surface area (Å²) >= 11 is 7.77. The van der Waals surface area contributed by atoms with E-state index in [9.17, 15) is 0 Å². The molecule has 1 aromatic carbocycles. The van der Waals surface area contributed by atoms with Crippen LogP contribution in [0.15, 0.2) is 18.2 Å². The molecule has 1 N–H and O–H groups in total. The largest absolute Gasteiger partial charge is 0.360 e. The number of hydrogen-bond donors (Lipinski definition) is 1. The van der Waals surface area contributed by atoms with Crippen molar-refractivity contribution in [2.24, 2.45) is 0 Å². The van der Waals surface area contributed by atoms with Crippen molar-refractivity contribution < 1.29 is 0 Å². The Kier molecular flexibility index (Phi) is 5.02. The highest BCUT2D eigenvalue weighted by Crippen LogP contribution is 2.31. The summed E-state index contributed by atoms with van der Waals surface area (Å²) in [6.45, 7) is 6.37. The first-order chi connectivity index (χ1) is 9.11. The van der Waals surface area contributed by atoms with Crippen LogP contribution in [0, 0.1) is 0 Å². The SMILES string of the molecule is CCC(C)N(C)CCNc1nc2cccc(Cl)c2s1. The number of nitrogens with one attached hydrogen (secondary N) is 1. The van der Waals surface area contributed by atoms with Gasteiger partial charge in [0.1, 0.15) is 0 Å². The first kappa shape index (κ1) is 14.6. The van der Waals surface area contributed by atoms with E-state index < -0.39 is 0 Å². The Morgan fingerprint density at radius 3 is 2.95 bits per heavy atom. The molecule has 0 bridgehead atoms. The van der Waals surface area contributed by atoms with Gasteiger partial charge in [0.25, 0.3) is 0 Å². The van der Waals surface area contributed by atoms with Crippen LogP contribution >= 0.6 is 22.9 Å². The average Bonchev–Trinajstić information content (AvgIpc) is 2.82. The average molecular weight is 298 g/mol. The number of fused-ring (bicyclic) bond motifs is 1. The smallest absolute Gasteiger partial charge is 0.183 e. The first-order valence-corrected chi connectivity index (χ1v) is 7.80. The van der Waals surface area contributed by atoms with Crippen LogP contribution in [-0.4, -0.2) is 36.1 Å². The summed E-state index contributed by atoms with van der Waals surface area (Å²) in [5.41, 5.74) is 0.968. The molecule has 0 saturated heterocycles. The predicted molar refractivity (Wildman–Crippen MR) is 85.5 cm³/mol. The Morgan fingerprint density at radius 1 is 1.47 bits per heavy atom. The lowest BCUT2D eigenvalue weighted by molar-refractivity contribution is 0.261. The fraction of sp³-hybridized carbons (Fsp3) is 0.500. The van der Waals surface area contributed by atoms with Gasteiger partial charge in [0.15, 0.2) is 5.13 Å². The van der Waals surface area contributed by atoms with E-state index in [4.69, 9.17) is 11.6 Å². The van der Waals surface area contributed by atoms with E-state index in [1.165, 1.54) is 6.42 Å². The van der Waals surface area contributed by atoms with E-state index in [0.717, 1.165) is 33.5 Å². The van der Waals surface area contributed by atoms with Gasteiger partial charge in [0.05, 0.1) is 15.2 Å². The normalized spacial score (nSPS) is 13.1. The Bertz CT molecular complexity index is 540. The van der Waals surface area contributed by atoms with Crippen LogP contribution in [0.5, 0.6) is 0 Å². The summed E-state index contributed by atoms with van der Waals surface area (Å²) in [6, 6.07) is 6.45. The van der Waals surface area contributed by atoms with Crippen LogP contribution in [0.1, 0.15) is 20.3 Å². The number of rotatable bonds is 6. The molecule has 104 valence electrons. The van der Waals surface area contributed by atoms with Crippen LogP contribution < -0.4 is 5.32 Å². The second-order valence-corrected chi connectivity index (χ2v) is 6.18. The molecule has 5 heteroatoms. The van der Waals surface area contributed by atoms with Gasteiger partial charge < -0.3 is 10.2 Å². The molecule has 0 spiro atoms. The van der Waals surface area contributed by atoms with Gasteiger partial charge in [0, 0.05) is 19.1 Å². The third-order valence-electron chi connectivity index (χ3n) is 3.45. The van der Waals surface area contributed by atoms with E-state index in [0.29, 0.717) is 6.04 Å². The minimum atomic E-state index is 0.617. The number of anilines is 1. The second kappa shape index (κ2) is 6.55. The molecule has 1 atom stereocenters. The van der Waals surface area contributed by atoms with Crippen molar-refractivity contribution >= 4 is 38.3 Å². The van der Waals surface area contributed by atoms with Crippen LogP contribution in [0.2, 0.25) is 5.02 Å². The number of benzene rings is 1. The van der Waals surface area contributed by atoms with Gasteiger partial charge in [-0.15, -0.1) is 0 Å². The zero-order chi connectivity index (χ0) is 13.8. The van der Waals surface area contributed by atoms with Crippen LogP contribution in [-0.2, 0) is 0 Å². The number of hydrogen-bond acceptors (Lipinski definition) is 4. The van der Waals surface area contributed by atoms with E-state index in [1.54, 1.807) is 11.3 Å². The molecule has 0 saturated carbocycles. The van der Waals surface area contributed by atoms with Crippen molar-refractivity contribution in [3.63, 3.8) is 0 Å². The Morgan fingerprint density at radius 2 is 2.26 bits per heavy atom. The lowest BCUT2D eigenvalue weighted by Gasteiger charge is -2.23. The minimum Gasteiger partial charge on any atom is -0.360 e. The molecule has 0 aliphatic rings. The summed E-state index contributed by atoms with van der Waals surface area (Å²) in [5, 5.41) is 5.10. The number of thiazole rings is 1. The zero-order valence-electron chi connectivity index (χ0n) is 11.6. The highest BCUT2D eigenvalue weighted by Gasteiger charge is 2.08. The van der Waals surface area contributed by atoms with Gasteiger partial charge in [-0.25, -0.2) is 4.98 Å². The summed E-state index contributed by atoms with van der Waals surface area (Å²) in [6.07, 6.45) is 1.17. The second-order valence-electron chi connectivity index (χ2n) is 4.77. The minimum absolute atomic E-state index is 0.617. The molecule has 2 aromatic rings. The van der Waals surface area contributed by atoms with Crippen molar-refractivity contribution in [1.29, 1.82) is 0 Å². The molecule has 0 radical (unpaired) electrons. The summed E-state index contributed by atoms with van der Waals surface area (Å²) < 4.78 is 1.06. The lowest BCUT2D eigenvalue weighted by atomic mass is 10.2. The van der Waals surface area contributed by atoms with Crippen molar-refractivity contribution in [3.8, 4) is 0 Å².